The number of rotatable bonds is 3. The molecule has 21 heavy (non-hydrogen) atoms. The van der Waals surface area contributed by atoms with Crippen molar-refractivity contribution in [3.63, 3.8) is 0 Å². The lowest BCUT2D eigenvalue weighted by molar-refractivity contribution is 0.344. The third-order valence-electron chi connectivity index (χ3n) is 5.36. The molecule has 3 atom stereocenters. The molecule has 2 aromatic heterocycles. The molecule has 1 aliphatic heterocycles. The molecule has 1 aliphatic rings. The van der Waals surface area contributed by atoms with Gasteiger partial charge >= 0.3 is 0 Å². The van der Waals surface area contributed by atoms with Gasteiger partial charge in [-0.2, -0.15) is 0 Å². The van der Waals surface area contributed by atoms with E-state index in [0.29, 0.717) is 12.0 Å². The van der Waals surface area contributed by atoms with Crippen LogP contribution in [-0.2, 0) is 0 Å². The topological polar surface area (TPSA) is 17.8 Å². The van der Waals surface area contributed by atoms with Crippen LogP contribution in [0.4, 0.5) is 0 Å². The first-order valence-electron chi connectivity index (χ1n) is 8.09. The Labute approximate surface area is 125 Å². The molecule has 1 aromatic carbocycles. The van der Waals surface area contributed by atoms with Crippen LogP contribution < -0.4 is 0 Å². The van der Waals surface area contributed by atoms with Crippen LogP contribution in [-0.4, -0.2) is 9.55 Å². The van der Waals surface area contributed by atoms with E-state index in [1.807, 2.05) is 6.20 Å². The van der Waals surface area contributed by atoms with Crippen molar-refractivity contribution in [3.05, 3.63) is 42.1 Å². The summed E-state index contributed by atoms with van der Waals surface area (Å²) >= 11 is 0. The molecule has 108 valence electrons. The molecule has 0 fully saturated rings. The Morgan fingerprint density at radius 3 is 2.90 bits per heavy atom. The normalized spacial score (nSPS) is 22.2. The van der Waals surface area contributed by atoms with Gasteiger partial charge in [-0.25, -0.2) is 0 Å². The zero-order valence-corrected chi connectivity index (χ0v) is 13.0. The Balaban J connectivity index is 2.02. The molecule has 0 saturated carbocycles. The van der Waals surface area contributed by atoms with Crippen LogP contribution in [0.5, 0.6) is 0 Å². The van der Waals surface area contributed by atoms with Gasteiger partial charge < -0.3 is 4.57 Å². The van der Waals surface area contributed by atoms with Gasteiger partial charge in [-0.3, -0.25) is 4.98 Å². The summed E-state index contributed by atoms with van der Waals surface area (Å²) in [4.78, 5) is 4.64. The van der Waals surface area contributed by atoms with Crippen LogP contribution in [0.3, 0.4) is 0 Å². The van der Waals surface area contributed by atoms with E-state index in [1.165, 1.54) is 34.8 Å². The molecule has 2 nitrogen and oxygen atoms in total. The number of hydrogen-bond acceptors (Lipinski definition) is 1. The van der Waals surface area contributed by atoms with E-state index in [1.54, 1.807) is 0 Å². The number of fused-ring (bicyclic) bond motifs is 4. The number of hydrogen-bond donors (Lipinski definition) is 0. The van der Waals surface area contributed by atoms with E-state index in [9.17, 15) is 0 Å². The van der Waals surface area contributed by atoms with Crippen molar-refractivity contribution in [1.82, 2.24) is 9.55 Å². The molecular weight excluding hydrogens is 256 g/mol. The van der Waals surface area contributed by atoms with E-state index in [0.717, 1.165) is 11.4 Å². The molecule has 0 aliphatic carbocycles. The average molecular weight is 278 g/mol. The maximum Gasteiger partial charge on any atom is 0.0959 e. The van der Waals surface area contributed by atoms with E-state index in [2.05, 4.69) is 60.7 Å². The fourth-order valence-electron chi connectivity index (χ4n) is 3.85. The second kappa shape index (κ2) is 4.59. The van der Waals surface area contributed by atoms with E-state index in [4.69, 9.17) is 0 Å². The predicted octanol–water partition coefficient (Wildman–Crippen LogP) is 5.28. The van der Waals surface area contributed by atoms with Crippen molar-refractivity contribution in [2.75, 3.05) is 0 Å². The number of nitrogens with zero attached hydrogens (tertiary/aromatic N) is 2. The van der Waals surface area contributed by atoms with Gasteiger partial charge in [0.2, 0.25) is 0 Å². The molecule has 2 bridgehead atoms. The predicted molar refractivity (Wildman–Crippen MR) is 88.8 cm³/mol. The first kappa shape index (κ1) is 12.9. The summed E-state index contributed by atoms with van der Waals surface area (Å²) in [7, 11) is 0. The second-order valence-corrected chi connectivity index (χ2v) is 6.62. The summed E-state index contributed by atoms with van der Waals surface area (Å²) in [5.74, 6) is 1.33. The Morgan fingerprint density at radius 1 is 1.24 bits per heavy atom. The van der Waals surface area contributed by atoms with Crippen molar-refractivity contribution in [2.45, 2.75) is 45.6 Å². The summed E-state index contributed by atoms with van der Waals surface area (Å²) in [5, 5.41) is 1.30. The zero-order valence-electron chi connectivity index (χ0n) is 13.0. The molecule has 0 saturated heterocycles. The van der Waals surface area contributed by atoms with Gasteiger partial charge in [0.1, 0.15) is 0 Å². The fourth-order valence-corrected chi connectivity index (χ4v) is 3.85. The molecule has 3 heterocycles. The van der Waals surface area contributed by atoms with Crippen molar-refractivity contribution in [2.24, 2.45) is 5.92 Å². The average Bonchev–Trinajstić information content (AvgIpc) is 2.86. The van der Waals surface area contributed by atoms with Gasteiger partial charge in [0.15, 0.2) is 0 Å². The highest BCUT2D eigenvalue weighted by atomic mass is 15.0. The van der Waals surface area contributed by atoms with Crippen molar-refractivity contribution in [3.8, 4) is 0 Å². The molecule has 3 aromatic rings. The minimum atomic E-state index is 0.556. The summed E-state index contributed by atoms with van der Waals surface area (Å²) in [5.41, 5.74) is 5.30. The van der Waals surface area contributed by atoms with Crippen LogP contribution in [0.15, 0.2) is 36.5 Å². The highest BCUT2D eigenvalue weighted by Crippen LogP contribution is 2.44. The highest BCUT2D eigenvalue weighted by Gasteiger charge is 2.30. The Bertz CT molecular complexity index is 815. The third-order valence-corrected chi connectivity index (χ3v) is 5.36. The third kappa shape index (κ3) is 1.75. The van der Waals surface area contributed by atoms with Crippen molar-refractivity contribution >= 4 is 21.9 Å². The van der Waals surface area contributed by atoms with Gasteiger partial charge in [-0.15, -0.1) is 0 Å². The summed E-state index contributed by atoms with van der Waals surface area (Å²) in [6.07, 6.45) is 4.40. The number of aromatic nitrogens is 2. The van der Waals surface area contributed by atoms with Crippen molar-refractivity contribution in [1.29, 1.82) is 0 Å². The molecule has 0 spiro atoms. The fraction of sp³-hybridized carbons (Fsp3) is 0.421. The lowest BCUT2D eigenvalue weighted by atomic mass is 9.84. The van der Waals surface area contributed by atoms with Gasteiger partial charge in [0.05, 0.1) is 16.6 Å². The van der Waals surface area contributed by atoms with Gasteiger partial charge in [0.25, 0.3) is 0 Å². The van der Waals surface area contributed by atoms with Gasteiger partial charge in [-0.1, -0.05) is 39.3 Å². The molecule has 3 unspecified atom stereocenters. The smallest absolute Gasteiger partial charge is 0.0959 e. The molecule has 0 N–H and O–H groups in total. The summed E-state index contributed by atoms with van der Waals surface area (Å²) in [6.45, 7) is 7.04. The Hall–Kier alpha value is -1.83. The largest absolute Gasteiger partial charge is 0.335 e. The molecule has 4 rings (SSSR count). The summed E-state index contributed by atoms with van der Waals surface area (Å²) < 4.78 is 2.56. The lowest BCUT2D eigenvalue weighted by Gasteiger charge is -2.33. The Kier molecular flexibility index (Phi) is 2.81. The van der Waals surface area contributed by atoms with Gasteiger partial charge in [0, 0.05) is 23.5 Å². The molecule has 2 heteroatoms. The number of pyridine rings is 1. The van der Waals surface area contributed by atoms with E-state index >= 15 is 0 Å². The standard InChI is InChI=1S/C19H22N2/c1-4-12(2)10-17-13(3)14-7-8-15-18(11-14)21(17)16-6-5-9-20-19(15)16/h5-9,11-13,17H,4,10H2,1-3H3. The van der Waals surface area contributed by atoms with Crippen LogP contribution >= 0.6 is 0 Å². The molecule has 0 amide bonds. The Morgan fingerprint density at radius 2 is 2.10 bits per heavy atom. The monoisotopic (exact) mass is 278 g/mol. The first-order valence-corrected chi connectivity index (χ1v) is 8.09. The van der Waals surface area contributed by atoms with Crippen LogP contribution in [0.25, 0.3) is 21.9 Å². The van der Waals surface area contributed by atoms with E-state index in [-0.39, 0.29) is 0 Å². The van der Waals surface area contributed by atoms with Crippen molar-refractivity contribution < 1.29 is 0 Å². The van der Waals surface area contributed by atoms with Crippen LogP contribution in [0.1, 0.15) is 51.1 Å². The van der Waals surface area contributed by atoms with E-state index < -0.39 is 0 Å². The van der Waals surface area contributed by atoms with Crippen LogP contribution in [0.2, 0.25) is 0 Å². The lowest BCUT2D eigenvalue weighted by Crippen LogP contribution is -2.21. The minimum absolute atomic E-state index is 0.556. The van der Waals surface area contributed by atoms with Gasteiger partial charge in [-0.05, 0) is 36.1 Å². The SMILES string of the molecule is CCC(C)CC1C(C)c2ccc3c4ncccc4n1c3c2. The summed E-state index contributed by atoms with van der Waals surface area (Å²) in [6, 6.07) is 11.8. The second-order valence-electron chi connectivity index (χ2n) is 6.62. The molecular formula is C19H22N2. The number of benzene rings is 1. The quantitative estimate of drug-likeness (QED) is 0.637. The maximum atomic E-state index is 4.64. The maximum absolute atomic E-state index is 4.64. The van der Waals surface area contributed by atoms with Crippen LogP contribution in [0, 0.1) is 5.92 Å². The zero-order chi connectivity index (χ0) is 14.6. The molecule has 0 radical (unpaired) electrons. The first-order chi connectivity index (χ1) is 10.2. The minimum Gasteiger partial charge on any atom is -0.335 e. The highest BCUT2D eigenvalue weighted by molar-refractivity contribution is 6.06.